The second-order valence-corrected chi connectivity index (χ2v) is 8.86. The quantitative estimate of drug-likeness (QED) is 0.139. The molecule has 0 rings (SSSR count). The summed E-state index contributed by atoms with van der Waals surface area (Å²) in [5.74, 6) is -1.64. The van der Waals surface area contributed by atoms with Crippen LogP contribution in [0.4, 0.5) is 0 Å². The number of ether oxygens (including phenoxy) is 1. The summed E-state index contributed by atoms with van der Waals surface area (Å²) in [5, 5.41) is 0.741. The summed E-state index contributed by atoms with van der Waals surface area (Å²) >= 11 is 0. The van der Waals surface area contributed by atoms with E-state index in [2.05, 4.69) is 19.2 Å². The van der Waals surface area contributed by atoms with Crippen LogP contribution in [0.2, 0.25) is 0 Å². The van der Waals surface area contributed by atoms with E-state index in [4.69, 9.17) is 4.74 Å². The normalized spacial score (nSPS) is 11.7. The van der Waals surface area contributed by atoms with Gasteiger partial charge in [-0.05, 0) is 12.8 Å². The first kappa shape index (κ1) is 35.4. The van der Waals surface area contributed by atoms with Crippen molar-refractivity contribution in [3.8, 4) is 0 Å². The van der Waals surface area contributed by atoms with Gasteiger partial charge in [0.25, 0.3) is 10.1 Å². The van der Waals surface area contributed by atoms with Gasteiger partial charge in [0.1, 0.15) is 0 Å². The molecule has 10 heteroatoms. The first-order valence-corrected chi connectivity index (χ1v) is 12.2. The molecular weight excluding hydrogens is 428 g/mol. The zero-order valence-corrected chi connectivity index (χ0v) is 24.4. The maximum Gasteiger partial charge on any atom is 0.327 e. The fourth-order valence-electron chi connectivity index (χ4n) is 2.83. The van der Waals surface area contributed by atoms with Crippen molar-refractivity contribution in [3.63, 3.8) is 0 Å². The smallest absolute Gasteiger partial charge is 0.327 e. The van der Waals surface area contributed by atoms with Gasteiger partial charge in [-0.2, -0.15) is 8.42 Å². The van der Waals surface area contributed by atoms with Crippen molar-refractivity contribution in [3.05, 3.63) is 0 Å². The van der Waals surface area contributed by atoms with E-state index in [1.54, 1.807) is 0 Å². The van der Waals surface area contributed by atoms with Crippen molar-refractivity contribution >= 4 is 81.1 Å². The molecule has 7 nitrogen and oxygen atoms in total. The maximum atomic E-state index is 12.0. The van der Waals surface area contributed by atoms with E-state index in [0.29, 0.717) is 13.0 Å². The van der Waals surface area contributed by atoms with Crippen LogP contribution in [0, 0.1) is 0 Å². The number of esters is 1. The van der Waals surface area contributed by atoms with Gasteiger partial charge in [0, 0.05) is 65.7 Å². The summed E-state index contributed by atoms with van der Waals surface area (Å²) in [4.78, 5) is 23.9. The Morgan fingerprint density at radius 3 is 1.80 bits per heavy atom. The Bertz CT molecular complexity index is 531. The molecule has 0 aromatic heterocycles. The number of amides is 1. The van der Waals surface area contributed by atoms with E-state index < -0.39 is 33.7 Å². The van der Waals surface area contributed by atoms with Crippen molar-refractivity contribution < 1.29 is 27.3 Å². The molecule has 2 N–H and O–H groups in total. The minimum absolute atomic E-state index is 0. The molecule has 0 aromatic rings. The fourth-order valence-corrected chi connectivity index (χ4v) is 3.51. The van der Waals surface area contributed by atoms with Gasteiger partial charge in [0.2, 0.25) is 5.91 Å². The topological polar surface area (TPSA) is 110 Å². The van der Waals surface area contributed by atoms with Crippen LogP contribution in [0.5, 0.6) is 0 Å². The van der Waals surface area contributed by atoms with Crippen LogP contribution >= 0.6 is 0 Å². The van der Waals surface area contributed by atoms with E-state index in [1.165, 1.54) is 25.7 Å². The largest absolute Gasteiger partial charge is 0.465 e. The summed E-state index contributed by atoms with van der Waals surface area (Å²) in [6, 6.07) is 0. The second kappa shape index (κ2) is 23.0. The first-order valence-electron chi connectivity index (χ1n) is 10.7. The third-order valence-corrected chi connectivity index (χ3v) is 5.67. The minimum Gasteiger partial charge on any atom is -0.465 e. The molecule has 1 amide bonds. The standard InChI is InChI=1S/C20H39NO6S.2Na/c1-3-5-7-9-11-13-15-21-19(22)17-18(28(24,25)26)20(23)27-16-14-12-10-8-6-4-2;;/h18H,3-17H2,1-2H3,(H,21,22)(H,24,25,26);;. The molecule has 0 saturated heterocycles. The summed E-state index contributed by atoms with van der Waals surface area (Å²) in [5.41, 5.74) is 0. The van der Waals surface area contributed by atoms with Crippen LogP contribution in [0.25, 0.3) is 0 Å². The number of rotatable bonds is 18. The van der Waals surface area contributed by atoms with Crippen molar-refractivity contribution in [1.29, 1.82) is 0 Å². The summed E-state index contributed by atoms with van der Waals surface area (Å²) in [7, 11) is -4.69. The zero-order chi connectivity index (χ0) is 21.3. The molecule has 168 valence electrons. The van der Waals surface area contributed by atoms with E-state index >= 15 is 0 Å². The third kappa shape index (κ3) is 20.7. The molecule has 1 unspecified atom stereocenters. The molecule has 2 radical (unpaired) electrons. The number of nitrogens with one attached hydrogen (secondary N) is 1. The number of carbonyl (C=O) groups is 2. The maximum absolute atomic E-state index is 12.0. The molecule has 0 aliphatic heterocycles. The molecule has 0 heterocycles. The van der Waals surface area contributed by atoms with Crippen LogP contribution in [-0.2, 0) is 24.4 Å². The van der Waals surface area contributed by atoms with Crippen molar-refractivity contribution in [2.75, 3.05) is 13.2 Å². The van der Waals surface area contributed by atoms with Gasteiger partial charge >= 0.3 is 5.97 Å². The van der Waals surface area contributed by atoms with Gasteiger partial charge in [-0.1, -0.05) is 78.1 Å². The monoisotopic (exact) mass is 467 g/mol. The average molecular weight is 468 g/mol. The van der Waals surface area contributed by atoms with E-state index in [-0.39, 0.29) is 65.7 Å². The number of hydrogen-bond donors (Lipinski definition) is 2. The van der Waals surface area contributed by atoms with Gasteiger partial charge in [-0.3, -0.25) is 14.1 Å². The van der Waals surface area contributed by atoms with Gasteiger partial charge in [-0.25, -0.2) is 0 Å². The molecule has 0 bridgehead atoms. The van der Waals surface area contributed by atoms with Gasteiger partial charge in [0.05, 0.1) is 13.0 Å². The van der Waals surface area contributed by atoms with Gasteiger partial charge < -0.3 is 10.1 Å². The first-order chi connectivity index (χ1) is 13.3. The van der Waals surface area contributed by atoms with Crippen molar-refractivity contribution in [2.24, 2.45) is 0 Å². The molecule has 0 saturated carbocycles. The molecule has 0 spiro atoms. The SMILES string of the molecule is CCCCCCCCNC(=O)CC(C(=O)OCCCCCCCC)S(=O)(=O)O.[Na].[Na]. The van der Waals surface area contributed by atoms with E-state index in [0.717, 1.165) is 44.9 Å². The fraction of sp³-hybridized carbons (Fsp3) is 0.900. The molecule has 30 heavy (non-hydrogen) atoms. The van der Waals surface area contributed by atoms with Crippen LogP contribution < -0.4 is 5.32 Å². The number of hydrogen-bond acceptors (Lipinski definition) is 5. The zero-order valence-electron chi connectivity index (χ0n) is 19.6. The predicted molar refractivity (Wildman–Crippen MR) is 122 cm³/mol. The third-order valence-electron chi connectivity index (χ3n) is 4.59. The summed E-state index contributed by atoms with van der Waals surface area (Å²) in [6.07, 6.45) is 11.8. The average Bonchev–Trinajstić information content (AvgIpc) is 2.63. The van der Waals surface area contributed by atoms with Crippen LogP contribution in [0.15, 0.2) is 0 Å². The Hall–Kier alpha value is 0.850. The Morgan fingerprint density at radius 1 is 0.833 bits per heavy atom. The van der Waals surface area contributed by atoms with Gasteiger partial charge in [-0.15, -0.1) is 0 Å². The van der Waals surface area contributed by atoms with Crippen molar-refractivity contribution in [2.45, 2.75) is 103 Å². The Kier molecular flexibility index (Phi) is 27.2. The second-order valence-electron chi connectivity index (χ2n) is 7.26. The molecule has 1 atom stereocenters. The Morgan fingerprint density at radius 2 is 1.30 bits per heavy atom. The van der Waals surface area contributed by atoms with Gasteiger partial charge in [0.15, 0.2) is 5.25 Å². The molecule has 0 aromatic carbocycles. The summed E-state index contributed by atoms with van der Waals surface area (Å²) < 4.78 is 37.2. The van der Waals surface area contributed by atoms with Crippen LogP contribution in [0.1, 0.15) is 97.3 Å². The number of carbonyl (C=O) groups excluding carboxylic acids is 2. The summed E-state index contributed by atoms with van der Waals surface area (Å²) in [6.45, 7) is 4.79. The molecule has 0 fully saturated rings. The van der Waals surface area contributed by atoms with E-state index in [9.17, 15) is 22.6 Å². The minimum atomic E-state index is -4.69. The van der Waals surface area contributed by atoms with Crippen LogP contribution in [-0.4, -0.2) is 102 Å². The Labute approximate surface area is 227 Å². The molecule has 0 aliphatic carbocycles. The molecular formula is C20H39NNa2O6S. The number of unbranched alkanes of at least 4 members (excludes halogenated alkanes) is 10. The van der Waals surface area contributed by atoms with Crippen molar-refractivity contribution in [1.82, 2.24) is 5.32 Å². The molecule has 0 aliphatic rings. The van der Waals surface area contributed by atoms with Crippen LogP contribution in [0.3, 0.4) is 0 Å². The predicted octanol–water partition coefficient (Wildman–Crippen LogP) is 3.25. The van der Waals surface area contributed by atoms with E-state index in [1.807, 2.05) is 0 Å². The Balaban J connectivity index is -0.00000364.